The summed E-state index contributed by atoms with van der Waals surface area (Å²) in [7, 11) is 3.90. The summed E-state index contributed by atoms with van der Waals surface area (Å²) in [4.78, 5) is 0. The molecule has 1 saturated carbocycles. The van der Waals surface area contributed by atoms with E-state index in [4.69, 9.17) is 4.74 Å². The summed E-state index contributed by atoms with van der Waals surface area (Å²) >= 11 is 0. The highest BCUT2D eigenvalue weighted by Gasteiger charge is 2.27. The van der Waals surface area contributed by atoms with Gasteiger partial charge < -0.3 is 10.1 Å². The lowest BCUT2D eigenvalue weighted by Crippen LogP contribution is -2.38. The highest BCUT2D eigenvalue weighted by Crippen LogP contribution is 2.31. The Morgan fingerprint density at radius 2 is 2.05 bits per heavy atom. The van der Waals surface area contributed by atoms with Gasteiger partial charge in [-0.25, -0.2) is 0 Å². The molecule has 0 bridgehead atoms. The van der Waals surface area contributed by atoms with Crippen molar-refractivity contribution >= 4 is 0 Å². The molecule has 0 aromatic carbocycles. The molecule has 1 aromatic rings. The van der Waals surface area contributed by atoms with Gasteiger partial charge >= 0.3 is 0 Å². The van der Waals surface area contributed by atoms with Crippen LogP contribution >= 0.6 is 0 Å². The van der Waals surface area contributed by atoms with Crippen LogP contribution in [0.1, 0.15) is 55.8 Å². The summed E-state index contributed by atoms with van der Waals surface area (Å²) in [6.07, 6.45) is 11.1. The second-order valence-electron chi connectivity index (χ2n) is 5.99. The second-order valence-corrected chi connectivity index (χ2v) is 5.99. The van der Waals surface area contributed by atoms with Crippen molar-refractivity contribution in [2.45, 2.75) is 63.1 Å². The normalized spacial score (nSPS) is 31.2. The maximum Gasteiger partial charge on any atom is 0.0572 e. The Hall–Kier alpha value is -0.870. The van der Waals surface area contributed by atoms with Gasteiger partial charge in [-0.1, -0.05) is 0 Å². The van der Waals surface area contributed by atoms with Gasteiger partial charge in [-0.15, -0.1) is 0 Å². The zero-order chi connectivity index (χ0) is 13.2. The van der Waals surface area contributed by atoms with E-state index in [9.17, 15) is 0 Å². The smallest absolute Gasteiger partial charge is 0.0572 e. The Kier molecular flexibility index (Phi) is 3.89. The minimum absolute atomic E-state index is 0.485. The number of aromatic nitrogens is 2. The number of methoxy groups -OCH3 is 1. The SMILES string of the molecule is COC1CCC(NC2CCCc3c2cnn3C)CC1. The number of aryl methyl sites for hydroxylation is 1. The van der Waals surface area contributed by atoms with Crippen LogP contribution in [0.4, 0.5) is 0 Å². The molecule has 3 rings (SSSR count). The monoisotopic (exact) mass is 263 g/mol. The van der Waals surface area contributed by atoms with Crippen LogP contribution in [0.3, 0.4) is 0 Å². The molecule has 0 amide bonds. The number of ether oxygens (including phenoxy) is 1. The first-order valence-corrected chi connectivity index (χ1v) is 7.57. The first-order chi connectivity index (χ1) is 9.28. The minimum Gasteiger partial charge on any atom is -0.381 e. The third-order valence-corrected chi connectivity index (χ3v) is 4.82. The Balaban J connectivity index is 1.62. The molecular weight excluding hydrogens is 238 g/mol. The van der Waals surface area contributed by atoms with Gasteiger partial charge in [0.1, 0.15) is 0 Å². The Morgan fingerprint density at radius 1 is 1.26 bits per heavy atom. The Morgan fingerprint density at radius 3 is 2.79 bits per heavy atom. The molecule has 4 nitrogen and oxygen atoms in total. The van der Waals surface area contributed by atoms with Gasteiger partial charge in [-0.2, -0.15) is 5.10 Å². The molecule has 0 radical (unpaired) electrons. The quantitative estimate of drug-likeness (QED) is 0.910. The maximum atomic E-state index is 5.45. The Labute approximate surface area is 115 Å². The molecule has 1 fully saturated rings. The standard InChI is InChI=1S/C15H25N3O/c1-18-15-5-3-4-14(13(15)10-16-18)17-11-6-8-12(19-2)9-7-11/h10-12,14,17H,3-9H2,1-2H3. The molecule has 1 unspecified atom stereocenters. The summed E-state index contributed by atoms with van der Waals surface area (Å²) in [5.41, 5.74) is 2.86. The van der Waals surface area contributed by atoms with E-state index < -0.39 is 0 Å². The van der Waals surface area contributed by atoms with Crippen molar-refractivity contribution in [1.82, 2.24) is 15.1 Å². The average Bonchev–Trinajstić information content (AvgIpc) is 2.83. The summed E-state index contributed by atoms with van der Waals surface area (Å²) in [5, 5.41) is 8.29. The Bertz CT molecular complexity index is 421. The molecule has 4 heteroatoms. The van der Waals surface area contributed by atoms with Gasteiger partial charge in [0, 0.05) is 37.5 Å². The number of hydrogen-bond donors (Lipinski definition) is 1. The van der Waals surface area contributed by atoms with Gasteiger partial charge in [0.15, 0.2) is 0 Å². The molecule has 0 saturated heterocycles. The summed E-state index contributed by atoms with van der Waals surface area (Å²) in [6, 6.07) is 1.17. The highest BCUT2D eigenvalue weighted by atomic mass is 16.5. The van der Waals surface area contributed by atoms with E-state index in [1.54, 1.807) is 0 Å². The van der Waals surface area contributed by atoms with E-state index >= 15 is 0 Å². The van der Waals surface area contributed by atoms with Crippen molar-refractivity contribution < 1.29 is 4.74 Å². The minimum atomic E-state index is 0.485. The van der Waals surface area contributed by atoms with Crippen molar-refractivity contribution in [2.24, 2.45) is 7.05 Å². The fourth-order valence-corrected chi connectivity index (χ4v) is 3.63. The number of rotatable bonds is 3. The van der Waals surface area contributed by atoms with Crippen molar-refractivity contribution in [2.75, 3.05) is 7.11 Å². The molecule has 106 valence electrons. The zero-order valence-electron chi connectivity index (χ0n) is 12.1. The lowest BCUT2D eigenvalue weighted by atomic mass is 9.88. The van der Waals surface area contributed by atoms with Crippen molar-refractivity contribution in [3.8, 4) is 0 Å². The van der Waals surface area contributed by atoms with Crippen molar-refractivity contribution in [1.29, 1.82) is 0 Å². The first-order valence-electron chi connectivity index (χ1n) is 7.57. The molecule has 2 aliphatic carbocycles. The van der Waals surface area contributed by atoms with Gasteiger partial charge in [0.2, 0.25) is 0 Å². The largest absolute Gasteiger partial charge is 0.381 e. The van der Waals surface area contributed by atoms with Crippen molar-refractivity contribution in [3.63, 3.8) is 0 Å². The van der Waals surface area contributed by atoms with Crippen LogP contribution in [0, 0.1) is 0 Å². The zero-order valence-corrected chi connectivity index (χ0v) is 12.1. The van der Waals surface area contributed by atoms with Crippen LogP contribution in [0.25, 0.3) is 0 Å². The molecule has 1 atom stereocenters. The lowest BCUT2D eigenvalue weighted by molar-refractivity contribution is 0.0608. The van der Waals surface area contributed by atoms with E-state index in [-0.39, 0.29) is 0 Å². The molecule has 1 aromatic heterocycles. The van der Waals surface area contributed by atoms with Crippen LogP contribution in [0.15, 0.2) is 6.20 Å². The summed E-state index contributed by atoms with van der Waals surface area (Å²) in [6.45, 7) is 0. The molecular formula is C15H25N3O. The second kappa shape index (κ2) is 5.63. The van der Waals surface area contributed by atoms with Crippen LogP contribution < -0.4 is 5.32 Å². The molecule has 1 heterocycles. The van der Waals surface area contributed by atoms with Gasteiger partial charge in [0.05, 0.1) is 12.3 Å². The highest BCUT2D eigenvalue weighted by molar-refractivity contribution is 5.24. The summed E-state index contributed by atoms with van der Waals surface area (Å²) in [5.74, 6) is 0. The van der Waals surface area contributed by atoms with E-state index in [2.05, 4.69) is 23.7 Å². The van der Waals surface area contributed by atoms with Crippen LogP contribution in [0.5, 0.6) is 0 Å². The fourth-order valence-electron chi connectivity index (χ4n) is 3.63. The molecule has 0 spiro atoms. The van der Waals surface area contributed by atoms with Crippen LogP contribution in [0.2, 0.25) is 0 Å². The van der Waals surface area contributed by atoms with Crippen LogP contribution in [-0.4, -0.2) is 29.0 Å². The van der Waals surface area contributed by atoms with Crippen molar-refractivity contribution in [3.05, 3.63) is 17.5 Å². The predicted molar refractivity (Wildman–Crippen MR) is 75.1 cm³/mol. The van der Waals surface area contributed by atoms with Gasteiger partial charge in [0.25, 0.3) is 0 Å². The number of nitrogens with one attached hydrogen (secondary N) is 1. The van der Waals surface area contributed by atoms with Crippen LogP contribution in [-0.2, 0) is 18.2 Å². The number of nitrogens with zero attached hydrogens (tertiary/aromatic N) is 2. The third-order valence-electron chi connectivity index (χ3n) is 4.82. The molecule has 2 aliphatic rings. The van der Waals surface area contributed by atoms with E-state index in [0.717, 1.165) is 0 Å². The van der Waals surface area contributed by atoms with E-state index in [1.165, 1.54) is 56.2 Å². The molecule has 0 aliphatic heterocycles. The first kappa shape index (κ1) is 13.1. The maximum absolute atomic E-state index is 5.45. The summed E-state index contributed by atoms with van der Waals surface area (Å²) < 4.78 is 7.49. The molecule has 1 N–H and O–H groups in total. The van der Waals surface area contributed by atoms with E-state index in [1.807, 2.05) is 11.8 Å². The predicted octanol–water partition coefficient (Wildman–Crippen LogP) is 2.34. The number of fused-ring (bicyclic) bond motifs is 1. The lowest BCUT2D eigenvalue weighted by Gasteiger charge is -2.33. The topological polar surface area (TPSA) is 39.1 Å². The third kappa shape index (κ3) is 2.70. The molecule has 19 heavy (non-hydrogen) atoms. The number of hydrogen-bond acceptors (Lipinski definition) is 3. The fraction of sp³-hybridized carbons (Fsp3) is 0.800. The average molecular weight is 263 g/mol. The van der Waals surface area contributed by atoms with Gasteiger partial charge in [-0.3, -0.25) is 4.68 Å². The van der Waals surface area contributed by atoms with E-state index in [0.29, 0.717) is 18.2 Å². The van der Waals surface area contributed by atoms with Gasteiger partial charge in [-0.05, 0) is 44.9 Å².